The zero-order chi connectivity index (χ0) is 23.1. The Labute approximate surface area is 192 Å². The number of aromatic nitrogens is 2. The molecule has 0 spiro atoms. The van der Waals surface area contributed by atoms with Gasteiger partial charge in [0.1, 0.15) is 0 Å². The molecule has 2 aromatic heterocycles. The summed E-state index contributed by atoms with van der Waals surface area (Å²) in [6.07, 6.45) is 0. The lowest BCUT2D eigenvalue weighted by Gasteiger charge is -2.13. The molecule has 0 saturated heterocycles. The molecule has 162 valence electrons. The largest absolute Gasteiger partial charge is 0.251 e. The highest BCUT2D eigenvalue weighted by molar-refractivity contribution is 6.12. The summed E-state index contributed by atoms with van der Waals surface area (Å²) in [5.74, 6) is 0. The highest BCUT2D eigenvalue weighted by Crippen LogP contribution is 2.36. The number of nitrogens with zero attached hydrogens (tertiary/aromatic N) is 2. The van der Waals surface area contributed by atoms with E-state index in [4.69, 9.17) is 9.97 Å². The summed E-state index contributed by atoms with van der Waals surface area (Å²) >= 11 is 0. The topological polar surface area (TPSA) is 25.8 Å². The Morgan fingerprint density at radius 2 is 0.812 bits per heavy atom. The maximum atomic E-state index is 4.90. The fraction of sp³-hybridized carbons (Fsp3) is 0.200. The molecule has 0 amide bonds. The number of hydrogen-bond acceptors (Lipinski definition) is 2. The molecule has 0 bridgehead atoms. The second-order valence-electron chi connectivity index (χ2n) is 7.21. The fourth-order valence-corrected chi connectivity index (χ4v) is 3.94. The van der Waals surface area contributed by atoms with E-state index in [1.165, 1.54) is 22.3 Å². The van der Waals surface area contributed by atoms with Crippen molar-refractivity contribution in [3.63, 3.8) is 0 Å². The summed E-state index contributed by atoms with van der Waals surface area (Å²) in [6, 6.07) is 29.7. The minimum atomic E-state index is 0.970. The molecule has 5 aromatic rings. The molecule has 0 saturated carbocycles. The first-order chi connectivity index (χ1) is 15.7. The first-order valence-electron chi connectivity index (χ1n) is 11.5. The van der Waals surface area contributed by atoms with Gasteiger partial charge in [-0.05, 0) is 48.2 Å². The standard InChI is InChI=1S/C26H20N2.2C2H6/c1-17-15-23(19-9-5-3-6-10-19)21-13-14-22-24(20-11-7-4-8-12-20)16-18(2)28-26(22)25(21)27-17;2*1-2/h3-16H,1-2H3;2*1-2H3. The van der Waals surface area contributed by atoms with Crippen LogP contribution in [0.15, 0.2) is 84.9 Å². The van der Waals surface area contributed by atoms with E-state index in [0.717, 1.165) is 33.2 Å². The van der Waals surface area contributed by atoms with Gasteiger partial charge in [0, 0.05) is 22.2 Å². The third kappa shape index (κ3) is 4.55. The molecule has 0 aliphatic carbocycles. The normalized spacial score (nSPS) is 10.2. The van der Waals surface area contributed by atoms with E-state index >= 15 is 0 Å². The molecule has 2 heteroatoms. The maximum absolute atomic E-state index is 4.90. The molecular weight excluding hydrogens is 388 g/mol. The van der Waals surface area contributed by atoms with E-state index < -0.39 is 0 Å². The third-order valence-electron chi connectivity index (χ3n) is 5.18. The van der Waals surface area contributed by atoms with Gasteiger partial charge < -0.3 is 0 Å². The molecule has 5 rings (SSSR count). The second kappa shape index (κ2) is 10.7. The van der Waals surface area contributed by atoms with E-state index in [0.29, 0.717) is 0 Å². The average molecular weight is 421 g/mol. The van der Waals surface area contributed by atoms with Gasteiger partial charge >= 0.3 is 0 Å². The van der Waals surface area contributed by atoms with Crippen molar-refractivity contribution in [2.45, 2.75) is 41.5 Å². The van der Waals surface area contributed by atoms with E-state index in [-0.39, 0.29) is 0 Å². The van der Waals surface area contributed by atoms with Crippen LogP contribution < -0.4 is 0 Å². The SMILES string of the molecule is CC.CC.Cc1cc(-c2ccccc2)c2ccc3c(-c4ccccc4)cc(C)nc3c2n1. The smallest absolute Gasteiger partial charge is 0.0974 e. The van der Waals surface area contributed by atoms with Crippen LogP contribution in [0, 0.1) is 13.8 Å². The zero-order valence-electron chi connectivity index (χ0n) is 20.0. The van der Waals surface area contributed by atoms with Crippen molar-refractivity contribution in [3.8, 4) is 22.3 Å². The van der Waals surface area contributed by atoms with Gasteiger partial charge in [-0.1, -0.05) is 100 Å². The first-order valence-corrected chi connectivity index (χ1v) is 11.5. The number of fused-ring (bicyclic) bond motifs is 3. The van der Waals surface area contributed by atoms with Crippen molar-refractivity contribution < 1.29 is 0 Å². The lowest BCUT2D eigenvalue weighted by atomic mass is 9.95. The lowest BCUT2D eigenvalue weighted by molar-refractivity contribution is 1.23. The Bertz CT molecular complexity index is 1200. The molecule has 2 heterocycles. The van der Waals surface area contributed by atoms with Crippen LogP contribution in [0.4, 0.5) is 0 Å². The minimum Gasteiger partial charge on any atom is -0.251 e. The Hall–Kier alpha value is -3.52. The Morgan fingerprint density at radius 3 is 1.16 bits per heavy atom. The van der Waals surface area contributed by atoms with Gasteiger partial charge in [-0.15, -0.1) is 0 Å². The van der Waals surface area contributed by atoms with E-state index in [2.05, 4.69) is 86.6 Å². The molecule has 0 fully saturated rings. The predicted octanol–water partition coefficient (Wildman–Crippen LogP) is 8.79. The Kier molecular flexibility index (Phi) is 7.72. The number of benzene rings is 3. The molecule has 32 heavy (non-hydrogen) atoms. The highest BCUT2D eigenvalue weighted by Gasteiger charge is 2.13. The van der Waals surface area contributed by atoms with Crippen LogP contribution in [0.5, 0.6) is 0 Å². The molecule has 3 aromatic carbocycles. The Morgan fingerprint density at radius 1 is 0.469 bits per heavy atom. The number of pyridine rings is 2. The quantitative estimate of drug-likeness (QED) is 0.267. The van der Waals surface area contributed by atoms with Crippen LogP contribution in [-0.4, -0.2) is 9.97 Å². The van der Waals surface area contributed by atoms with Gasteiger partial charge in [-0.3, -0.25) is 9.97 Å². The summed E-state index contributed by atoms with van der Waals surface area (Å²) < 4.78 is 0. The summed E-state index contributed by atoms with van der Waals surface area (Å²) in [5, 5.41) is 2.28. The van der Waals surface area contributed by atoms with Crippen LogP contribution in [0.25, 0.3) is 44.1 Å². The van der Waals surface area contributed by atoms with E-state index in [1.54, 1.807) is 0 Å². The van der Waals surface area contributed by atoms with Gasteiger partial charge in [0.25, 0.3) is 0 Å². The van der Waals surface area contributed by atoms with Crippen molar-refractivity contribution in [2.24, 2.45) is 0 Å². The molecule has 0 radical (unpaired) electrons. The molecule has 0 aliphatic rings. The second-order valence-corrected chi connectivity index (χ2v) is 7.21. The van der Waals surface area contributed by atoms with Crippen molar-refractivity contribution in [1.29, 1.82) is 0 Å². The molecular formula is C30H32N2. The summed E-state index contributed by atoms with van der Waals surface area (Å²) in [4.78, 5) is 9.81. The highest BCUT2D eigenvalue weighted by atomic mass is 14.8. The van der Waals surface area contributed by atoms with Crippen LogP contribution >= 0.6 is 0 Å². The van der Waals surface area contributed by atoms with Crippen LogP contribution in [0.3, 0.4) is 0 Å². The summed E-state index contributed by atoms with van der Waals surface area (Å²) in [7, 11) is 0. The number of hydrogen-bond donors (Lipinski definition) is 0. The average Bonchev–Trinajstić information content (AvgIpc) is 2.86. The molecule has 2 nitrogen and oxygen atoms in total. The van der Waals surface area contributed by atoms with Gasteiger partial charge in [0.05, 0.1) is 11.0 Å². The van der Waals surface area contributed by atoms with Gasteiger partial charge in [-0.2, -0.15) is 0 Å². The molecule has 0 aliphatic heterocycles. The number of aryl methyl sites for hydroxylation is 2. The monoisotopic (exact) mass is 420 g/mol. The van der Waals surface area contributed by atoms with Gasteiger partial charge in [0.15, 0.2) is 0 Å². The zero-order valence-corrected chi connectivity index (χ0v) is 20.0. The molecule has 0 N–H and O–H groups in total. The van der Waals surface area contributed by atoms with Crippen molar-refractivity contribution >= 4 is 21.8 Å². The summed E-state index contributed by atoms with van der Waals surface area (Å²) in [5.41, 5.74) is 8.76. The van der Waals surface area contributed by atoms with Gasteiger partial charge in [0.2, 0.25) is 0 Å². The van der Waals surface area contributed by atoms with Crippen LogP contribution in [-0.2, 0) is 0 Å². The minimum absolute atomic E-state index is 0.970. The first kappa shape index (κ1) is 23.1. The number of rotatable bonds is 2. The van der Waals surface area contributed by atoms with Crippen molar-refractivity contribution in [2.75, 3.05) is 0 Å². The Balaban J connectivity index is 0.000000686. The van der Waals surface area contributed by atoms with Crippen LogP contribution in [0.2, 0.25) is 0 Å². The van der Waals surface area contributed by atoms with Gasteiger partial charge in [-0.25, -0.2) is 0 Å². The lowest BCUT2D eigenvalue weighted by Crippen LogP contribution is -1.94. The molecule has 0 atom stereocenters. The third-order valence-corrected chi connectivity index (χ3v) is 5.18. The maximum Gasteiger partial charge on any atom is 0.0974 e. The molecule has 0 unspecified atom stereocenters. The predicted molar refractivity (Wildman–Crippen MR) is 140 cm³/mol. The van der Waals surface area contributed by atoms with Crippen LogP contribution in [0.1, 0.15) is 39.1 Å². The van der Waals surface area contributed by atoms with Crippen molar-refractivity contribution in [1.82, 2.24) is 9.97 Å². The van der Waals surface area contributed by atoms with E-state index in [9.17, 15) is 0 Å². The fourth-order valence-electron chi connectivity index (χ4n) is 3.94. The summed E-state index contributed by atoms with van der Waals surface area (Å²) in [6.45, 7) is 12.1. The van der Waals surface area contributed by atoms with Crippen molar-refractivity contribution in [3.05, 3.63) is 96.3 Å². The van der Waals surface area contributed by atoms with E-state index in [1.807, 2.05) is 39.8 Å².